The first-order chi connectivity index (χ1) is 13.1. The van der Waals surface area contributed by atoms with Gasteiger partial charge in [0.2, 0.25) is 11.8 Å². The normalized spacial score (nSPS) is 12.0. The van der Waals surface area contributed by atoms with Crippen LogP contribution in [0.4, 0.5) is 9.18 Å². The molecule has 0 saturated carbocycles. The molecule has 0 fully saturated rings. The second-order valence-corrected chi connectivity index (χ2v) is 7.32. The van der Waals surface area contributed by atoms with E-state index in [4.69, 9.17) is 4.74 Å². The second kappa shape index (κ2) is 9.16. The molecule has 1 unspecified atom stereocenters. The van der Waals surface area contributed by atoms with Gasteiger partial charge in [0, 0.05) is 24.3 Å². The van der Waals surface area contributed by atoms with Crippen molar-refractivity contribution in [1.82, 2.24) is 20.9 Å². The number of pyridine rings is 1. The summed E-state index contributed by atoms with van der Waals surface area (Å²) in [4.78, 5) is 28.1. The number of nitrogens with one attached hydrogen (secondary N) is 3. The molecular formula is C20H25FN4O3. The van der Waals surface area contributed by atoms with Crippen molar-refractivity contribution in [3.05, 3.63) is 54.0 Å². The summed E-state index contributed by atoms with van der Waals surface area (Å²) in [7, 11) is 0. The maximum absolute atomic E-state index is 13.7. The number of nitrogens with zero attached hydrogens (tertiary/aromatic N) is 1. The van der Waals surface area contributed by atoms with Gasteiger partial charge in [-0.2, -0.15) is 0 Å². The van der Waals surface area contributed by atoms with Gasteiger partial charge >= 0.3 is 6.03 Å². The lowest BCUT2D eigenvalue weighted by atomic mass is 10.1. The predicted molar refractivity (Wildman–Crippen MR) is 103 cm³/mol. The summed E-state index contributed by atoms with van der Waals surface area (Å²) in [5.74, 6) is -0.485. The smallest absolute Gasteiger partial charge is 0.315 e. The lowest BCUT2D eigenvalue weighted by Crippen LogP contribution is -2.52. The van der Waals surface area contributed by atoms with Crippen LogP contribution in [-0.4, -0.2) is 28.5 Å². The van der Waals surface area contributed by atoms with E-state index in [1.165, 1.54) is 18.3 Å². The van der Waals surface area contributed by atoms with Gasteiger partial charge in [-0.25, -0.2) is 14.2 Å². The van der Waals surface area contributed by atoms with Crippen LogP contribution in [0.25, 0.3) is 0 Å². The van der Waals surface area contributed by atoms with Gasteiger partial charge in [-0.1, -0.05) is 12.1 Å². The molecule has 8 heteroatoms. The minimum atomic E-state index is -0.684. The quantitative estimate of drug-likeness (QED) is 0.709. The molecule has 0 aliphatic heterocycles. The molecule has 1 aromatic heterocycles. The lowest BCUT2D eigenvalue weighted by molar-refractivity contribution is -0.123. The Morgan fingerprint density at radius 3 is 2.61 bits per heavy atom. The molecule has 0 saturated heterocycles. The summed E-state index contributed by atoms with van der Waals surface area (Å²) in [6.07, 6.45) is 1.50. The Morgan fingerprint density at radius 1 is 1.21 bits per heavy atom. The van der Waals surface area contributed by atoms with Crippen molar-refractivity contribution >= 4 is 11.9 Å². The molecule has 3 amide bonds. The molecule has 1 aromatic carbocycles. The van der Waals surface area contributed by atoms with Crippen molar-refractivity contribution in [3.63, 3.8) is 0 Å². The van der Waals surface area contributed by atoms with E-state index in [1.54, 1.807) is 31.2 Å². The molecule has 0 radical (unpaired) electrons. The van der Waals surface area contributed by atoms with Crippen molar-refractivity contribution in [2.75, 3.05) is 0 Å². The fourth-order valence-electron chi connectivity index (χ4n) is 2.23. The van der Waals surface area contributed by atoms with Crippen molar-refractivity contribution in [2.24, 2.45) is 0 Å². The summed E-state index contributed by atoms with van der Waals surface area (Å²) in [6.45, 7) is 7.38. The third-order valence-corrected chi connectivity index (χ3v) is 3.54. The first kappa shape index (κ1) is 21.1. The molecule has 150 valence electrons. The molecule has 1 atom stereocenters. The molecule has 0 aliphatic rings. The van der Waals surface area contributed by atoms with Crippen molar-refractivity contribution in [2.45, 2.75) is 45.8 Å². The fraction of sp³-hybridized carbons (Fsp3) is 0.350. The van der Waals surface area contributed by atoms with Gasteiger partial charge in [0.25, 0.3) is 0 Å². The Bertz CT molecular complexity index is 836. The average Bonchev–Trinajstić information content (AvgIpc) is 2.61. The SMILES string of the molecule is CC(NC(=O)NCc1ccnc(Oc2ccccc2F)c1)C(=O)NC(C)(C)C. The molecule has 7 nitrogen and oxygen atoms in total. The average molecular weight is 388 g/mol. The van der Waals surface area contributed by atoms with E-state index in [2.05, 4.69) is 20.9 Å². The number of hydrogen-bond donors (Lipinski definition) is 3. The highest BCUT2D eigenvalue weighted by Crippen LogP contribution is 2.22. The first-order valence-corrected chi connectivity index (χ1v) is 8.88. The Balaban J connectivity index is 1.88. The van der Waals surface area contributed by atoms with Gasteiger partial charge in [-0.3, -0.25) is 4.79 Å². The summed E-state index contributed by atoms with van der Waals surface area (Å²) in [6, 6.07) is 8.15. The Morgan fingerprint density at radius 2 is 1.93 bits per heavy atom. The number of rotatable bonds is 6. The number of urea groups is 1. The van der Waals surface area contributed by atoms with Crippen molar-refractivity contribution in [3.8, 4) is 11.6 Å². The van der Waals surface area contributed by atoms with E-state index in [0.29, 0.717) is 5.56 Å². The van der Waals surface area contributed by atoms with E-state index in [9.17, 15) is 14.0 Å². The van der Waals surface area contributed by atoms with Gasteiger partial charge in [-0.05, 0) is 51.5 Å². The van der Waals surface area contributed by atoms with Crippen LogP contribution in [0, 0.1) is 5.82 Å². The Labute approximate surface area is 163 Å². The Kier molecular flexibility index (Phi) is 6.92. The van der Waals surface area contributed by atoms with E-state index in [-0.39, 0.29) is 29.6 Å². The zero-order valence-electron chi connectivity index (χ0n) is 16.4. The fourth-order valence-corrected chi connectivity index (χ4v) is 2.23. The highest BCUT2D eigenvalue weighted by Gasteiger charge is 2.20. The number of halogens is 1. The zero-order chi connectivity index (χ0) is 20.7. The molecule has 2 aromatic rings. The van der Waals surface area contributed by atoms with E-state index in [1.807, 2.05) is 20.8 Å². The van der Waals surface area contributed by atoms with Crippen LogP contribution < -0.4 is 20.7 Å². The van der Waals surface area contributed by atoms with Crippen LogP contribution in [0.3, 0.4) is 0 Å². The number of aromatic nitrogens is 1. The van der Waals surface area contributed by atoms with Crippen LogP contribution in [0.1, 0.15) is 33.3 Å². The maximum Gasteiger partial charge on any atom is 0.315 e. The third kappa shape index (κ3) is 6.86. The summed E-state index contributed by atoms with van der Waals surface area (Å²) >= 11 is 0. The molecule has 0 bridgehead atoms. The van der Waals surface area contributed by atoms with E-state index < -0.39 is 17.9 Å². The third-order valence-electron chi connectivity index (χ3n) is 3.54. The highest BCUT2D eigenvalue weighted by atomic mass is 19.1. The van der Waals surface area contributed by atoms with Gasteiger partial charge in [-0.15, -0.1) is 0 Å². The maximum atomic E-state index is 13.7. The van der Waals surface area contributed by atoms with Gasteiger partial charge in [0.15, 0.2) is 11.6 Å². The second-order valence-electron chi connectivity index (χ2n) is 7.32. The molecular weight excluding hydrogens is 363 g/mol. The number of carbonyl (C=O) groups excluding carboxylic acids is 2. The number of benzene rings is 1. The van der Waals surface area contributed by atoms with Gasteiger partial charge in [0.1, 0.15) is 6.04 Å². The monoisotopic (exact) mass is 388 g/mol. The summed E-state index contributed by atoms with van der Waals surface area (Å²) in [5.41, 5.74) is 0.332. The zero-order valence-corrected chi connectivity index (χ0v) is 16.4. The molecule has 3 N–H and O–H groups in total. The molecule has 1 heterocycles. The minimum Gasteiger partial charge on any atom is -0.436 e. The number of para-hydroxylation sites is 1. The van der Waals surface area contributed by atoms with Crippen molar-refractivity contribution < 1.29 is 18.7 Å². The van der Waals surface area contributed by atoms with Gasteiger partial charge < -0.3 is 20.7 Å². The van der Waals surface area contributed by atoms with Crippen molar-refractivity contribution in [1.29, 1.82) is 0 Å². The number of hydrogen-bond acceptors (Lipinski definition) is 4. The lowest BCUT2D eigenvalue weighted by Gasteiger charge is -2.23. The standard InChI is InChI=1S/C20H25FN4O3/c1-13(18(26)25-20(2,3)4)24-19(27)23-12-14-9-10-22-17(11-14)28-16-8-6-5-7-15(16)21/h5-11,13H,12H2,1-4H3,(H,25,26)(H2,23,24,27). The Hall–Kier alpha value is -3.16. The molecule has 0 spiro atoms. The van der Waals surface area contributed by atoms with Crippen LogP contribution >= 0.6 is 0 Å². The van der Waals surface area contributed by atoms with Gasteiger partial charge in [0.05, 0.1) is 0 Å². The largest absolute Gasteiger partial charge is 0.436 e. The first-order valence-electron chi connectivity index (χ1n) is 8.88. The van der Waals surface area contributed by atoms with Crippen LogP contribution in [0.2, 0.25) is 0 Å². The van der Waals surface area contributed by atoms with Crippen LogP contribution in [-0.2, 0) is 11.3 Å². The highest BCUT2D eigenvalue weighted by molar-refractivity contribution is 5.87. The van der Waals surface area contributed by atoms with Crippen LogP contribution in [0.15, 0.2) is 42.6 Å². The van der Waals surface area contributed by atoms with E-state index >= 15 is 0 Å². The predicted octanol–water partition coefficient (Wildman–Crippen LogP) is 3.12. The number of amides is 3. The molecule has 2 rings (SSSR count). The number of carbonyl (C=O) groups is 2. The molecule has 28 heavy (non-hydrogen) atoms. The molecule has 0 aliphatic carbocycles. The topological polar surface area (TPSA) is 92.3 Å². The summed E-state index contributed by atoms with van der Waals surface area (Å²) in [5, 5.41) is 8.03. The van der Waals surface area contributed by atoms with Crippen LogP contribution in [0.5, 0.6) is 11.6 Å². The minimum absolute atomic E-state index is 0.0662. The summed E-state index contributed by atoms with van der Waals surface area (Å²) < 4.78 is 19.1. The van der Waals surface area contributed by atoms with E-state index in [0.717, 1.165) is 0 Å². The number of ether oxygens (including phenoxy) is 1.